The summed E-state index contributed by atoms with van der Waals surface area (Å²) in [5, 5.41) is 14.7. The summed E-state index contributed by atoms with van der Waals surface area (Å²) in [4.78, 5) is 40.5. The molecule has 0 aliphatic carbocycles. The molecule has 0 aliphatic heterocycles. The van der Waals surface area contributed by atoms with Crippen LogP contribution in [-0.2, 0) is 38.7 Å². The summed E-state index contributed by atoms with van der Waals surface area (Å²) in [6, 6.07) is 30.5. The van der Waals surface area contributed by atoms with Crippen LogP contribution >= 0.6 is 0 Å². The van der Waals surface area contributed by atoms with Gasteiger partial charge < -0.3 is 24.8 Å². The molecule has 0 bridgehead atoms. The van der Waals surface area contributed by atoms with E-state index in [1.807, 2.05) is 117 Å². The molecule has 8 nitrogen and oxygen atoms in total. The predicted molar refractivity (Wildman–Crippen MR) is 165 cm³/mol. The molecular formula is C35H38N2O6. The molecule has 0 saturated carbocycles. The van der Waals surface area contributed by atoms with Crippen LogP contribution in [0.5, 0.6) is 0 Å². The van der Waals surface area contributed by atoms with E-state index in [2.05, 4.69) is 5.32 Å². The molecule has 0 radical (unpaired) electrons. The lowest BCUT2D eigenvalue weighted by atomic mass is 10.0. The molecule has 0 spiro atoms. The van der Waals surface area contributed by atoms with Gasteiger partial charge in [0, 0.05) is 13.0 Å². The number of fused-ring (bicyclic) bond motifs is 1. The van der Waals surface area contributed by atoms with Gasteiger partial charge in [-0.1, -0.05) is 117 Å². The number of carboxylic acids is 1. The van der Waals surface area contributed by atoms with Crippen molar-refractivity contribution < 1.29 is 29.0 Å². The van der Waals surface area contributed by atoms with Crippen molar-refractivity contribution >= 4 is 28.7 Å². The number of carbonyl (C=O) groups is 3. The molecule has 2 amide bonds. The second kappa shape index (κ2) is 15.5. The fourth-order valence-electron chi connectivity index (χ4n) is 4.71. The number of carboxylic acid groups (broad SMARTS) is 1. The molecule has 0 heterocycles. The first kappa shape index (κ1) is 31.3. The zero-order chi connectivity index (χ0) is 30.6. The van der Waals surface area contributed by atoms with E-state index in [1.165, 1.54) is 4.90 Å². The number of rotatable bonds is 14. The third kappa shape index (κ3) is 9.68. The van der Waals surface area contributed by atoms with Crippen molar-refractivity contribution in [1.82, 2.24) is 10.2 Å². The Morgan fingerprint density at radius 2 is 1.35 bits per heavy atom. The summed E-state index contributed by atoms with van der Waals surface area (Å²) < 4.78 is 11.6. The van der Waals surface area contributed by atoms with Gasteiger partial charge in [0.15, 0.2) is 6.10 Å². The SMILES string of the molecule is CC(C)CN(CC(OCc1ccccc1)C(=O)OCc1ccccc1)C(=O)N[C@@H](Cc1ccc2ccccc2c1)C(=O)O. The number of urea groups is 1. The van der Waals surface area contributed by atoms with E-state index >= 15 is 0 Å². The molecule has 2 atom stereocenters. The van der Waals surface area contributed by atoms with Gasteiger partial charge in [-0.25, -0.2) is 14.4 Å². The van der Waals surface area contributed by atoms with E-state index < -0.39 is 30.1 Å². The molecule has 1 unspecified atom stereocenters. The smallest absolute Gasteiger partial charge is 0.337 e. The molecule has 4 rings (SSSR count). The Kier molecular flexibility index (Phi) is 11.3. The Labute approximate surface area is 252 Å². The maximum Gasteiger partial charge on any atom is 0.337 e. The van der Waals surface area contributed by atoms with Gasteiger partial charge in [-0.15, -0.1) is 0 Å². The average molecular weight is 583 g/mol. The molecule has 0 fully saturated rings. The van der Waals surface area contributed by atoms with Crippen LogP contribution < -0.4 is 5.32 Å². The largest absolute Gasteiger partial charge is 0.480 e. The summed E-state index contributed by atoms with van der Waals surface area (Å²) in [5.74, 6) is -1.71. The van der Waals surface area contributed by atoms with Crippen LogP contribution in [0.3, 0.4) is 0 Å². The summed E-state index contributed by atoms with van der Waals surface area (Å²) in [7, 11) is 0. The van der Waals surface area contributed by atoms with Gasteiger partial charge in [0.25, 0.3) is 0 Å². The highest BCUT2D eigenvalue weighted by molar-refractivity contribution is 5.85. The standard InChI is InChI=1S/C35H38N2O6/c1-25(2)21-37(35(41)36-31(33(38)39)20-28-17-18-29-15-9-10-16-30(29)19-28)22-32(42-23-26-11-5-3-6-12-26)34(40)43-24-27-13-7-4-8-14-27/h3-19,25,31-32H,20-24H2,1-2H3,(H,36,41)(H,38,39)/t31-,32?/m0/s1. The van der Waals surface area contributed by atoms with Gasteiger partial charge in [0.1, 0.15) is 12.6 Å². The molecule has 224 valence electrons. The minimum absolute atomic E-state index is 0.0460. The molecule has 0 saturated heterocycles. The molecule has 2 N–H and O–H groups in total. The fourth-order valence-corrected chi connectivity index (χ4v) is 4.71. The number of hydrogen-bond acceptors (Lipinski definition) is 5. The summed E-state index contributed by atoms with van der Waals surface area (Å²) in [5.41, 5.74) is 2.48. The second-order valence-electron chi connectivity index (χ2n) is 10.9. The minimum atomic E-state index is -1.17. The average Bonchev–Trinajstić information content (AvgIpc) is 3.01. The van der Waals surface area contributed by atoms with Gasteiger partial charge in [0.2, 0.25) is 0 Å². The maximum atomic E-state index is 13.6. The third-order valence-corrected chi connectivity index (χ3v) is 6.89. The Hall–Kier alpha value is -4.69. The number of amides is 2. The van der Waals surface area contributed by atoms with Crippen LogP contribution in [0.4, 0.5) is 4.79 Å². The number of aliphatic carboxylic acids is 1. The van der Waals surface area contributed by atoms with Gasteiger partial charge in [-0.05, 0) is 33.4 Å². The lowest BCUT2D eigenvalue weighted by Gasteiger charge is -2.29. The molecule has 4 aromatic rings. The number of nitrogens with zero attached hydrogens (tertiary/aromatic N) is 1. The van der Waals surface area contributed by atoms with Crippen molar-refractivity contribution in [2.24, 2.45) is 5.92 Å². The normalized spacial score (nSPS) is 12.4. The van der Waals surface area contributed by atoms with Crippen LogP contribution in [-0.4, -0.2) is 53.2 Å². The molecule has 8 heteroatoms. The van der Waals surface area contributed by atoms with E-state index in [9.17, 15) is 19.5 Å². The van der Waals surface area contributed by atoms with Crippen molar-refractivity contribution in [3.05, 3.63) is 120 Å². The number of hydrogen-bond donors (Lipinski definition) is 2. The van der Waals surface area contributed by atoms with E-state index in [1.54, 1.807) is 0 Å². The van der Waals surface area contributed by atoms with Crippen LogP contribution in [0.25, 0.3) is 10.8 Å². The second-order valence-corrected chi connectivity index (χ2v) is 10.9. The first-order valence-electron chi connectivity index (χ1n) is 14.4. The van der Waals surface area contributed by atoms with E-state index in [-0.39, 0.29) is 38.6 Å². The topological polar surface area (TPSA) is 105 Å². The first-order valence-corrected chi connectivity index (χ1v) is 14.4. The van der Waals surface area contributed by atoms with Crippen molar-refractivity contribution in [3.63, 3.8) is 0 Å². The third-order valence-electron chi connectivity index (χ3n) is 6.89. The van der Waals surface area contributed by atoms with Crippen LogP contribution in [0.2, 0.25) is 0 Å². The Bertz CT molecular complexity index is 1490. The number of nitrogens with one attached hydrogen (secondary N) is 1. The highest BCUT2D eigenvalue weighted by Crippen LogP contribution is 2.17. The number of carbonyl (C=O) groups excluding carboxylic acids is 2. The Morgan fingerprint density at radius 3 is 1.98 bits per heavy atom. The minimum Gasteiger partial charge on any atom is -0.480 e. The zero-order valence-corrected chi connectivity index (χ0v) is 24.5. The lowest BCUT2D eigenvalue weighted by molar-refractivity contribution is -0.160. The molecule has 4 aromatic carbocycles. The van der Waals surface area contributed by atoms with Crippen molar-refractivity contribution in [2.45, 2.75) is 45.6 Å². The number of esters is 1. The van der Waals surface area contributed by atoms with Crippen LogP contribution in [0.15, 0.2) is 103 Å². The van der Waals surface area contributed by atoms with Crippen molar-refractivity contribution in [3.8, 4) is 0 Å². The van der Waals surface area contributed by atoms with Gasteiger partial charge in [-0.3, -0.25) is 0 Å². The number of ether oxygens (including phenoxy) is 2. The summed E-state index contributed by atoms with van der Waals surface area (Å²) in [6.45, 7) is 4.27. The molecule has 0 aromatic heterocycles. The highest BCUT2D eigenvalue weighted by Gasteiger charge is 2.30. The zero-order valence-electron chi connectivity index (χ0n) is 24.5. The van der Waals surface area contributed by atoms with E-state index in [0.29, 0.717) is 0 Å². The first-order chi connectivity index (χ1) is 20.8. The lowest BCUT2D eigenvalue weighted by Crippen LogP contribution is -2.52. The molecular weight excluding hydrogens is 544 g/mol. The van der Waals surface area contributed by atoms with E-state index in [4.69, 9.17) is 9.47 Å². The van der Waals surface area contributed by atoms with Gasteiger partial charge in [-0.2, -0.15) is 0 Å². The predicted octanol–water partition coefficient (Wildman–Crippen LogP) is 5.83. The molecule has 43 heavy (non-hydrogen) atoms. The maximum absolute atomic E-state index is 13.6. The Balaban J connectivity index is 1.48. The monoisotopic (exact) mass is 582 g/mol. The Morgan fingerprint density at radius 1 is 0.744 bits per heavy atom. The highest BCUT2D eigenvalue weighted by atomic mass is 16.6. The number of benzene rings is 4. The van der Waals surface area contributed by atoms with Crippen LogP contribution in [0, 0.1) is 5.92 Å². The van der Waals surface area contributed by atoms with Crippen LogP contribution in [0.1, 0.15) is 30.5 Å². The summed E-state index contributed by atoms with van der Waals surface area (Å²) in [6.07, 6.45) is -0.980. The van der Waals surface area contributed by atoms with E-state index in [0.717, 1.165) is 27.5 Å². The quantitative estimate of drug-likeness (QED) is 0.181. The van der Waals surface area contributed by atoms with Crippen molar-refractivity contribution in [1.29, 1.82) is 0 Å². The van der Waals surface area contributed by atoms with Gasteiger partial charge in [0.05, 0.1) is 13.2 Å². The summed E-state index contributed by atoms with van der Waals surface area (Å²) >= 11 is 0. The van der Waals surface area contributed by atoms with Gasteiger partial charge >= 0.3 is 18.0 Å². The fraction of sp³-hybridized carbons (Fsp3) is 0.286. The van der Waals surface area contributed by atoms with Crippen molar-refractivity contribution in [2.75, 3.05) is 13.1 Å². The molecule has 0 aliphatic rings.